The number of nitrogens with zero attached hydrogens (tertiary/aromatic N) is 5. The van der Waals surface area contributed by atoms with Crippen LogP contribution in [0.25, 0.3) is 21.8 Å². The Kier molecular flexibility index (Phi) is 7.84. The van der Waals surface area contributed by atoms with Gasteiger partial charge in [0.1, 0.15) is 0 Å². The fourth-order valence-corrected chi connectivity index (χ4v) is 6.10. The number of carboxylic acids is 1. The van der Waals surface area contributed by atoms with Crippen LogP contribution >= 0.6 is 0 Å². The molecule has 2 heterocycles. The highest BCUT2D eigenvalue weighted by Gasteiger charge is 2.31. The molecule has 0 bridgehead atoms. The third-order valence-electron chi connectivity index (χ3n) is 7.98. The smallest absolute Gasteiger partial charge is 0.304 e. The highest BCUT2D eigenvalue weighted by molar-refractivity contribution is 6.08. The van der Waals surface area contributed by atoms with Crippen LogP contribution in [0.1, 0.15) is 82.6 Å². The second-order valence-corrected chi connectivity index (χ2v) is 10.4. The summed E-state index contributed by atoms with van der Waals surface area (Å²) < 4.78 is 4.23. The second kappa shape index (κ2) is 11.4. The van der Waals surface area contributed by atoms with E-state index in [9.17, 15) is 9.90 Å². The van der Waals surface area contributed by atoms with Crippen LogP contribution in [0.2, 0.25) is 0 Å². The number of aryl methyl sites for hydroxylation is 2. The molecule has 0 spiro atoms. The maximum absolute atomic E-state index is 11.9. The van der Waals surface area contributed by atoms with Crippen molar-refractivity contribution in [3.05, 3.63) is 53.9 Å². The van der Waals surface area contributed by atoms with E-state index in [1.54, 1.807) is 0 Å². The molecule has 2 atom stereocenters. The molecule has 1 saturated carbocycles. The molecule has 5 rings (SSSR count). The number of rotatable bonds is 11. The molecule has 0 saturated heterocycles. The van der Waals surface area contributed by atoms with Crippen molar-refractivity contribution < 1.29 is 9.90 Å². The number of tetrazole rings is 1. The van der Waals surface area contributed by atoms with Crippen LogP contribution in [0.3, 0.4) is 0 Å². The van der Waals surface area contributed by atoms with Crippen molar-refractivity contribution in [2.45, 2.75) is 90.4 Å². The molecule has 8 nitrogen and oxygen atoms in total. The van der Waals surface area contributed by atoms with Crippen LogP contribution in [-0.4, -0.2) is 41.9 Å². The molecule has 1 aliphatic rings. The lowest BCUT2D eigenvalue weighted by Gasteiger charge is -2.33. The monoisotopic (exact) mass is 502 g/mol. The summed E-state index contributed by atoms with van der Waals surface area (Å²) in [5.74, 6) is 0.310. The fraction of sp³-hybridized carbons (Fsp3) is 0.517. The molecule has 2 aromatic carbocycles. The third kappa shape index (κ3) is 5.25. The molecule has 1 fully saturated rings. The highest BCUT2D eigenvalue weighted by atomic mass is 16.4. The van der Waals surface area contributed by atoms with E-state index >= 15 is 0 Å². The summed E-state index contributed by atoms with van der Waals surface area (Å²) in [6, 6.07) is 14.7. The Morgan fingerprint density at radius 2 is 1.86 bits per heavy atom. The lowest BCUT2D eigenvalue weighted by molar-refractivity contribution is -0.138. The first-order valence-electron chi connectivity index (χ1n) is 13.9. The average Bonchev–Trinajstić information content (AvgIpc) is 3.51. The van der Waals surface area contributed by atoms with Gasteiger partial charge in [0.2, 0.25) is 0 Å². The van der Waals surface area contributed by atoms with Gasteiger partial charge in [0.15, 0.2) is 5.82 Å². The molecule has 2 unspecified atom stereocenters. The number of carboxylic acid groups (broad SMARTS) is 1. The van der Waals surface area contributed by atoms with Crippen LogP contribution in [-0.2, 0) is 17.9 Å². The molecule has 2 N–H and O–H groups in total. The number of unbranched alkanes of at least 4 members (excludes halogenated alkanes) is 1. The van der Waals surface area contributed by atoms with Crippen LogP contribution < -0.4 is 5.32 Å². The molecule has 2 aromatic heterocycles. The Hall–Kier alpha value is -3.26. The van der Waals surface area contributed by atoms with E-state index in [1.807, 2.05) is 4.68 Å². The summed E-state index contributed by atoms with van der Waals surface area (Å²) in [5, 5.41) is 28.8. The number of hydrogen-bond donors (Lipinski definition) is 2. The second-order valence-electron chi connectivity index (χ2n) is 10.4. The van der Waals surface area contributed by atoms with Crippen molar-refractivity contribution in [3.8, 4) is 0 Å². The van der Waals surface area contributed by atoms with E-state index in [0.717, 1.165) is 63.0 Å². The van der Waals surface area contributed by atoms with Crippen molar-refractivity contribution in [2.75, 3.05) is 0 Å². The van der Waals surface area contributed by atoms with Gasteiger partial charge in [-0.1, -0.05) is 56.9 Å². The normalized spacial score (nSPS) is 16.4. The van der Waals surface area contributed by atoms with Crippen LogP contribution in [0, 0.1) is 5.92 Å². The molecule has 4 aromatic rings. The van der Waals surface area contributed by atoms with Gasteiger partial charge in [-0.3, -0.25) is 10.1 Å². The number of fused-ring (bicyclic) bond motifs is 3. The quantitative estimate of drug-likeness (QED) is 0.273. The van der Waals surface area contributed by atoms with Crippen molar-refractivity contribution in [3.63, 3.8) is 0 Å². The van der Waals surface area contributed by atoms with Gasteiger partial charge >= 0.3 is 5.97 Å². The summed E-state index contributed by atoms with van der Waals surface area (Å²) in [4.78, 5) is 11.9. The van der Waals surface area contributed by atoms with Crippen molar-refractivity contribution in [1.29, 1.82) is 0 Å². The van der Waals surface area contributed by atoms with Gasteiger partial charge in [0.25, 0.3) is 0 Å². The van der Waals surface area contributed by atoms with E-state index in [1.165, 1.54) is 28.2 Å². The number of benzene rings is 2. The van der Waals surface area contributed by atoms with Gasteiger partial charge in [-0.2, -0.15) is 0 Å². The topological polar surface area (TPSA) is 97.9 Å². The van der Waals surface area contributed by atoms with Gasteiger partial charge in [0.05, 0.1) is 12.5 Å². The van der Waals surface area contributed by atoms with Crippen LogP contribution in [0.4, 0.5) is 0 Å². The van der Waals surface area contributed by atoms with Crippen LogP contribution in [0.15, 0.2) is 42.5 Å². The first kappa shape index (κ1) is 25.4. The Morgan fingerprint density at radius 1 is 1.08 bits per heavy atom. The summed E-state index contributed by atoms with van der Waals surface area (Å²) in [6.07, 6.45) is 7.78. The van der Waals surface area contributed by atoms with Gasteiger partial charge in [-0.05, 0) is 66.3 Å². The summed E-state index contributed by atoms with van der Waals surface area (Å²) in [6.45, 7) is 5.96. The van der Waals surface area contributed by atoms with E-state index in [4.69, 9.17) is 0 Å². The molecular weight excluding hydrogens is 464 g/mol. The maximum Gasteiger partial charge on any atom is 0.304 e. The summed E-state index contributed by atoms with van der Waals surface area (Å²) in [7, 11) is 0. The van der Waals surface area contributed by atoms with E-state index in [2.05, 4.69) is 81.7 Å². The number of nitrogens with one attached hydrogen (secondary N) is 1. The van der Waals surface area contributed by atoms with E-state index in [0.29, 0.717) is 5.92 Å². The summed E-state index contributed by atoms with van der Waals surface area (Å²) >= 11 is 0. The van der Waals surface area contributed by atoms with Crippen molar-refractivity contribution in [1.82, 2.24) is 30.1 Å². The van der Waals surface area contributed by atoms with E-state index < -0.39 is 5.97 Å². The first-order chi connectivity index (χ1) is 18.1. The lowest BCUT2D eigenvalue weighted by Crippen LogP contribution is -2.42. The molecule has 8 heteroatoms. The van der Waals surface area contributed by atoms with Crippen molar-refractivity contribution in [2.24, 2.45) is 5.92 Å². The zero-order valence-electron chi connectivity index (χ0n) is 21.9. The van der Waals surface area contributed by atoms with Gasteiger partial charge < -0.3 is 9.67 Å². The summed E-state index contributed by atoms with van der Waals surface area (Å²) in [5.41, 5.74) is 3.48. The molecular formula is C29H38N6O2. The minimum atomic E-state index is -0.770. The van der Waals surface area contributed by atoms with Crippen LogP contribution in [0.5, 0.6) is 0 Å². The predicted octanol–water partition coefficient (Wildman–Crippen LogP) is 5.70. The minimum Gasteiger partial charge on any atom is -0.481 e. The molecule has 0 amide bonds. The number of hydrogen-bond acceptors (Lipinski definition) is 5. The standard InChI is InChI=1S/C29H38N6O2/c1-3-5-17-35-29(31-32-33-35)28(30-24(19-27(36)37)20-11-7-6-8-12-20)21-15-16-26-23(18-21)22-13-9-10-14-25(22)34(26)4-2/h9-10,13-16,18,20,24,28,30H,3-8,11-12,17,19H2,1-2H3,(H,36,37). The average molecular weight is 503 g/mol. The number of aliphatic carboxylic acids is 1. The highest BCUT2D eigenvalue weighted by Crippen LogP contribution is 2.34. The van der Waals surface area contributed by atoms with Gasteiger partial charge in [-0.15, -0.1) is 5.10 Å². The fourth-order valence-electron chi connectivity index (χ4n) is 6.10. The Morgan fingerprint density at radius 3 is 2.62 bits per heavy atom. The molecule has 196 valence electrons. The third-order valence-corrected chi connectivity index (χ3v) is 7.98. The molecule has 37 heavy (non-hydrogen) atoms. The SMILES string of the molecule is CCCCn1nnnc1C(NC(CC(=O)O)C1CCCCC1)c1ccc2c(c1)c1ccccc1n2CC. The largest absolute Gasteiger partial charge is 0.481 e. The van der Waals surface area contributed by atoms with Gasteiger partial charge in [0, 0.05) is 40.9 Å². The maximum atomic E-state index is 11.9. The zero-order valence-corrected chi connectivity index (χ0v) is 21.9. The molecule has 0 radical (unpaired) electrons. The molecule has 1 aliphatic carbocycles. The van der Waals surface area contributed by atoms with Crippen molar-refractivity contribution >= 4 is 27.8 Å². The van der Waals surface area contributed by atoms with E-state index in [-0.39, 0.29) is 18.5 Å². The predicted molar refractivity (Wildman–Crippen MR) is 145 cm³/mol. The Balaban J connectivity index is 1.61. The first-order valence-corrected chi connectivity index (χ1v) is 13.9. The minimum absolute atomic E-state index is 0.0923. The lowest BCUT2D eigenvalue weighted by atomic mass is 9.82. The zero-order chi connectivity index (χ0) is 25.8. The number of carbonyl (C=O) groups is 1. The van der Waals surface area contributed by atoms with Gasteiger partial charge in [-0.25, -0.2) is 4.68 Å². The number of para-hydroxylation sites is 1. The Labute approximate surface area is 218 Å². The number of aromatic nitrogens is 5. The Bertz CT molecular complexity index is 1350. The molecule has 0 aliphatic heterocycles.